The van der Waals surface area contributed by atoms with E-state index in [-0.39, 0.29) is 0 Å². The maximum absolute atomic E-state index is 6.15. The van der Waals surface area contributed by atoms with Gasteiger partial charge in [0.05, 0.1) is 17.3 Å². The summed E-state index contributed by atoms with van der Waals surface area (Å²) in [5.74, 6) is 1.55. The Labute approximate surface area is 131 Å². The van der Waals surface area contributed by atoms with Crippen LogP contribution in [0.1, 0.15) is 11.3 Å². The Bertz CT molecular complexity index is 577. The second-order valence-electron chi connectivity index (χ2n) is 5.49. The lowest BCUT2D eigenvalue weighted by molar-refractivity contribution is 0.415. The van der Waals surface area contributed by atoms with Crippen molar-refractivity contribution in [2.45, 2.75) is 12.8 Å². The molecule has 2 aromatic rings. The maximum atomic E-state index is 6.15. The largest absolute Gasteiger partial charge is 0.358 e. The SMILES string of the molecule is Cc1nn(-c2ccccc2)c(N(C)CCN(C)C)c1CCl. The lowest BCUT2D eigenvalue weighted by Crippen LogP contribution is -2.30. The average molecular weight is 307 g/mol. The van der Waals surface area contributed by atoms with Crippen molar-refractivity contribution < 1.29 is 0 Å². The van der Waals surface area contributed by atoms with E-state index in [1.54, 1.807) is 0 Å². The zero-order valence-electron chi connectivity index (χ0n) is 13.2. The summed E-state index contributed by atoms with van der Waals surface area (Å²) >= 11 is 6.15. The van der Waals surface area contributed by atoms with Crippen LogP contribution in [0.25, 0.3) is 5.69 Å². The topological polar surface area (TPSA) is 24.3 Å². The Morgan fingerprint density at radius 3 is 2.33 bits per heavy atom. The van der Waals surface area contributed by atoms with Gasteiger partial charge in [0.1, 0.15) is 5.82 Å². The first-order chi connectivity index (χ1) is 10.0. The van der Waals surface area contributed by atoms with Crippen LogP contribution < -0.4 is 4.90 Å². The van der Waals surface area contributed by atoms with Gasteiger partial charge in [-0.1, -0.05) is 18.2 Å². The fourth-order valence-electron chi connectivity index (χ4n) is 2.30. The van der Waals surface area contributed by atoms with Crippen LogP contribution in [-0.4, -0.2) is 48.9 Å². The summed E-state index contributed by atoms with van der Waals surface area (Å²) < 4.78 is 1.99. The Hall–Kier alpha value is -1.52. The molecule has 0 spiro atoms. The fraction of sp³-hybridized carbons (Fsp3) is 0.438. The van der Waals surface area contributed by atoms with Gasteiger partial charge in [-0.3, -0.25) is 0 Å². The number of para-hydroxylation sites is 1. The van der Waals surface area contributed by atoms with Gasteiger partial charge in [0.25, 0.3) is 0 Å². The number of halogens is 1. The predicted octanol–water partition coefficient (Wildman–Crippen LogP) is 2.92. The van der Waals surface area contributed by atoms with Crippen LogP contribution >= 0.6 is 11.6 Å². The lowest BCUT2D eigenvalue weighted by Gasteiger charge is -2.23. The van der Waals surface area contributed by atoms with E-state index in [0.717, 1.165) is 35.9 Å². The standard InChI is InChI=1S/C16H23ClN4/c1-13-15(12-17)16(20(4)11-10-19(2)3)21(18-13)14-8-6-5-7-9-14/h5-9H,10-12H2,1-4H3. The Balaban J connectivity index is 2.42. The molecule has 0 atom stereocenters. The highest BCUT2D eigenvalue weighted by molar-refractivity contribution is 6.17. The normalized spacial score (nSPS) is 11.1. The molecule has 0 unspecified atom stereocenters. The number of aryl methyl sites for hydroxylation is 1. The molecule has 0 bridgehead atoms. The van der Waals surface area contributed by atoms with Gasteiger partial charge in [-0.05, 0) is 33.2 Å². The fourth-order valence-corrected chi connectivity index (χ4v) is 2.61. The van der Waals surface area contributed by atoms with E-state index in [4.69, 9.17) is 11.6 Å². The molecule has 1 heterocycles. The van der Waals surface area contributed by atoms with E-state index in [2.05, 4.69) is 48.2 Å². The Kier molecular flexibility index (Phi) is 5.26. The zero-order valence-corrected chi connectivity index (χ0v) is 13.9. The van der Waals surface area contributed by atoms with Crippen molar-refractivity contribution >= 4 is 17.4 Å². The van der Waals surface area contributed by atoms with Crippen molar-refractivity contribution in [1.82, 2.24) is 14.7 Å². The molecule has 0 N–H and O–H groups in total. The first-order valence-corrected chi connectivity index (χ1v) is 7.63. The third-order valence-electron chi connectivity index (χ3n) is 3.54. The van der Waals surface area contributed by atoms with Crippen LogP contribution in [0.3, 0.4) is 0 Å². The van der Waals surface area contributed by atoms with Crippen LogP contribution in [0.15, 0.2) is 30.3 Å². The van der Waals surface area contributed by atoms with E-state index >= 15 is 0 Å². The van der Waals surface area contributed by atoms with E-state index in [1.165, 1.54) is 0 Å². The summed E-state index contributed by atoms with van der Waals surface area (Å²) in [5, 5.41) is 4.68. The second-order valence-corrected chi connectivity index (χ2v) is 5.76. The summed E-state index contributed by atoms with van der Waals surface area (Å²) in [6, 6.07) is 10.2. The first-order valence-electron chi connectivity index (χ1n) is 7.10. The number of benzene rings is 1. The van der Waals surface area contributed by atoms with Gasteiger partial charge in [-0.15, -0.1) is 11.6 Å². The number of hydrogen-bond acceptors (Lipinski definition) is 3. The minimum absolute atomic E-state index is 0.473. The molecule has 114 valence electrons. The molecule has 4 nitrogen and oxygen atoms in total. The number of aromatic nitrogens is 2. The number of rotatable bonds is 6. The van der Waals surface area contributed by atoms with Crippen LogP contribution in [0.4, 0.5) is 5.82 Å². The third-order valence-corrected chi connectivity index (χ3v) is 3.80. The van der Waals surface area contributed by atoms with Gasteiger partial charge < -0.3 is 9.80 Å². The molecular formula is C16H23ClN4. The summed E-state index contributed by atoms with van der Waals surface area (Å²) in [6.07, 6.45) is 0. The quantitative estimate of drug-likeness (QED) is 0.767. The molecule has 0 amide bonds. The Morgan fingerprint density at radius 1 is 1.10 bits per heavy atom. The van der Waals surface area contributed by atoms with Crippen LogP contribution in [0.5, 0.6) is 0 Å². The van der Waals surface area contributed by atoms with Crippen molar-refractivity contribution in [2.75, 3.05) is 39.1 Å². The van der Waals surface area contributed by atoms with Crippen molar-refractivity contribution in [3.05, 3.63) is 41.6 Å². The molecule has 1 aromatic carbocycles. The lowest BCUT2D eigenvalue weighted by atomic mass is 10.2. The van der Waals surface area contributed by atoms with E-state index < -0.39 is 0 Å². The molecule has 1 aromatic heterocycles. The average Bonchev–Trinajstić information content (AvgIpc) is 2.82. The number of hydrogen-bond donors (Lipinski definition) is 0. The van der Waals surface area contributed by atoms with Gasteiger partial charge in [-0.2, -0.15) is 5.10 Å². The van der Waals surface area contributed by atoms with Crippen molar-refractivity contribution in [3.63, 3.8) is 0 Å². The summed E-state index contributed by atoms with van der Waals surface area (Å²) in [6.45, 7) is 3.92. The predicted molar refractivity (Wildman–Crippen MR) is 89.7 cm³/mol. The van der Waals surface area contributed by atoms with Gasteiger partial charge in [0.2, 0.25) is 0 Å². The van der Waals surface area contributed by atoms with Gasteiger partial charge in [-0.25, -0.2) is 4.68 Å². The molecule has 0 fully saturated rings. The van der Waals surface area contributed by atoms with Crippen molar-refractivity contribution in [1.29, 1.82) is 0 Å². The molecule has 0 radical (unpaired) electrons. The number of anilines is 1. The molecule has 0 aliphatic rings. The van der Waals surface area contributed by atoms with Gasteiger partial charge in [0.15, 0.2) is 0 Å². The number of alkyl halides is 1. The van der Waals surface area contributed by atoms with E-state index in [9.17, 15) is 0 Å². The van der Waals surface area contributed by atoms with Crippen molar-refractivity contribution in [2.24, 2.45) is 0 Å². The monoisotopic (exact) mass is 306 g/mol. The van der Waals surface area contributed by atoms with E-state index in [0.29, 0.717) is 5.88 Å². The molecular weight excluding hydrogens is 284 g/mol. The first kappa shape index (κ1) is 15.9. The smallest absolute Gasteiger partial charge is 0.136 e. The summed E-state index contributed by atoms with van der Waals surface area (Å²) in [7, 11) is 6.25. The molecule has 0 aliphatic carbocycles. The van der Waals surface area contributed by atoms with E-state index in [1.807, 2.05) is 29.8 Å². The maximum Gasteiger partial charge on any atom is 0.136 e. The minimum Gasteiger partial charge on any atom is -0.358 e. The van der Waals surface area contributed by atoms with Gasteiger partial charge >= 0.3 is 0 Å². The highest BCUT2D eigenvalue weighted by atomic mass is 35.5. The highest BCUT2D eigenvalue weighted by Gasteiger charge is 2.19. The molecule has 0 aliphatic heterocycles. The summed E-state index contributed by atoms with van der Waals surface area (Å²) in [4.78, 5) is 4.40. The highest BCUT2D eigenvalue weighted by Crippen LogP contribution is 2.27. The minimum atomic E-state index is 0.473. The van der Waals surface area contributed by atoms with Gasteiger partial charge in [0, 0.05) is 25.7 Å². The molecule has 0 saturated heterocycles. The third kappa shape index (κ3) is 3.57. The second kappa shape index (κ2) is 6.96. The molecule has 5 heteroatoms. The number of likely N-dealkylation sites (N-methyl/N-ethyl adjacent to an activating group) is 2. The summed E-state index contributed by atoms with van der Waals surface area (Å²) in [5.41, 5.74) is 3.14. The van der Waals surface area contributed by atoms with Crippen LogP contribution in [-0.2, 0) is 5.88 Å². The van der Waals surface area contributed by atoms with Crippen molar-refractivity contribution in [3.8, 4) is 5.69 Å². The van der Waals surface area contributed by atoms with Crippen LogP contribution in [0.2, 0.25) is 0 Å². The zero-order chi connectivity index (χ0) is 15.4. The number of nitrogens with zero attached hydrogens (tertiary/aromatic N) is 4. The molecule has 2 rings (SSSR count). The Morgan fingerprint density at radius 2 is 1.76 bits per heavy atom. The van der Waals surface area contributed by atoms with Crippen LogP contribution in [0, 0.1) is 6.92 Å². The molecule has 21 heavy (non-hydrogen) atoms. The molecule has 0 saturated carbocycles.